The van der Waals surface area contributed by atoms with Gasteiger partial charge in [0, 0.05) is 13.0 Å². The van der Waals surface area contributed by atoms with Crippen molar-refractivity contribution in [2.24, 2.45) is 5.41 Å². The molecule has 1 aliphatic heterocycles. The summed E-state index contributed by atoms with van der Waals surface area (Å²) in [6.07, 6.45) is 8.46. The summed E-state index contributed by atoms with van der Waals surface area (Å²) in [5, 5.41) is 19.5. The van der Waals surface area contributed by atoms with Crippen molar-refractivity contribution in [2.75, 3.05) is 6.54 Å². The Hall–Kier alpha value is -2.14. The average Bonchev–Trinajstić information content (AvgIpc) is 3.02. The topological polar surface area (TPSA) is 77.8 Å². The Morgan fingerprint density at radius 1 is 1.32 bits per heavy atom. The minimum atomic E-state index is -0.938. The van der Waals surface area contributed by atoms with Crippen LogP contribution < -0.4 is 0 Å². The molecule has 1 fully saturated rings. The Morgan fingerprint density at radius 3 is 2.61 bits per heavy atom. The van der Waals surface area contributed by atoms with Gasteiger partial charge in [0.2, 0.25) is 5.91 Å². The molecule has 1 heterocycles. The van der Waals surface area contributed by atoms with Gasteiger partial charge < -0.3 is 15.1 Å². The van der Waals surface area contributed by atoms with Crippen molar-refractivity contribution in [1.29, 1.82) is 0 Å². The highest BCUT2D eigenvalue weighted by molar-refractivity contribution is 5.87. The fraction of sp³-hybridized carbons (Fsp3) is 0.565. The molecule has 154 valence electrons. The standard InChI is InChI=1S/C23H33NO4/c1-4-5-15-23(2,3)20(25)12-10-19-11-13-21(26)24(19)16-14-17-6-8-18(9-7-17)22(27)28/h6-10,12,19-20,25H,4-5,11,13-16H2,1-3H3,(H,27,28)/b12-10+/t19-,20-/m0/s1. The molecule has 0 saturated carbocycles. The average molecular weight is 388 g/mol. The van der Waals surface area contributed by atoms with E-state index in [0.29, 0.717) is 19.4 Å². The second-order valence-corrected chi connectivity index (χ2v) is 8.37. The van der Waals surface area contributed by atoms with Gasteiger partial charge in [-0.15, -0.1) is 0 Å². The normalized spacial score (nSPS) is 18.8. The van der Waals surface area contributed by atoms with Crippen LogP contribution in [0.1, 0.15) is 68.8 Å². The number of nitrogens with zero attached hydrogens (tertiary/aromatic N) is 1. The number of benzene rings is 1. The number of rotatable bonds is 10. The van der Waals surface area contributed by atoms with Crippen molar-refractivity contribution in [2.45, 2.75) is 71.4 Å². The number of aromatic carboxylic acids is 1. The maximum absolute atomic E-state index is 12.3. The SMILES string of the molecule is CCCCC(C)(C)[C@@H](O)/C=C/[C@H]1CCC(=O)N1CCc1ccc(C(=O)O)cc1. The van der Waals surface area contributed by atoms with E-state index >= 15 is 0 Å². The molecule has 2 rings (SSSR count). The predicted molar refractivity (Wildman–Crippen MR) is 110 cm³/mol. The van der Waals surface area contributed by atoms with E-state index in [1.54, 1.807) is 24.3 Å². The van der Waals surface area contributed by atoms with Gasteiger partial charge in [0.15, 0.2) is 0 Å². The number of hydrogen-bond acceptors (Lipinski definition) is 3. The van der Waals surface area contributed by atoms with Gasteiger partial charge in [-0.2, -0.15) is 0 Å². The number of aliphatic hydroxyl groups is 1. The van der Waals surface area contributed by atoms with Crippen molar-refractivity contribution in [1.82, 2.24) is 4.90 Å². The summed E-state index contributed by atoms with van der Waals surface area (Å²) in [5.74, 6) is -0.802. The lowest BCUT2D eigenvalue weighted by molar-refractivity contribution is -0.128. The molecule has 0 unspecified atom stereocenters. The summed E-state index contributed by atoms with van der Waals surface area (Å²) in [5.41, 5.74) is 1.10. The van der Waals surface area contributed by atoms with Crippen LogP contribution in [-0.4, -0.2) is 45.7 Å². The Bertz CT molecular complexity index is 693. The van der Waals surface area contributed by atoms with Crippen LogP contribution in [0.5, 0.6) is 0 Å². The molecule has 0 aromatic heterocycles. The zero-order valence-electron chi connectivity index (χ0n) is 17.2. The lowest BCUT2D eigenvalue weighted by Crippen LogP contribution is -2.34. The number of unbranched alkanes of at least 4 members (excludes halogenated alkanes) is 1. The van der Waals surface area contributed by atoms with Crippen LogP contribution in [0.25, 0.3) is 0 Å². The van der Waals surface area contributed by atoms with Gasteiger partial charge in [-0.1, -0.05) is 57.9 Å². The second kappa shape index (κ2) is 9.87. The van der Waals surface area contributed by atoms with Crippen molar-refractivity contribution in [3.8, 4) is 0 Å². The Labute approximate surface area is 168 Å². The monoisotopic (exact) mass is 387 g/mol. The third-order valence-corrected chi connectivity index (χ3v) is 5.71. The predicted octanol–water partition coefficient (Wildman–Crippen LogP) is 4.05. The molecule has 0 aliphatic carbocycles. The van der Waals surface area contributed by atoms with Gasteiger partial charge in [0.05, 0.1) is 17.7 Å². The zero-order chi connectivity index (χ0) is 20.7. The van der Waals surface area contributed by atoms with E-state index in [1.807, 2.05) is 17.1 Å². The first-order valence-electron chi connectivity index (χ1n) is 10.2. The van der Waals surface area contributed by atoms with Crippen LogP contribution in [0.15, 0.2) is 36.4 Å². The van der Waals surface area contributed by atoms with Gasteiger partial charge in [-0.3, -0.25) is 4.79 Å². The molecule has 2 atom stereocenters. The van der Waals surface area contributed by atoms with Crippen LogP contribution in [-0.2, 0) is 11.2 Å². The van der Waals surface area contributed by atoms with Gasteiger partial charge in [-0.05, 0) is 42.4 Å². The van der Waals surface area contributed by atoms with Gasteiger partial charge in [0.25, 0.3) is 0 Å². The van der Waals surface area contributed by atoms with Gasteiger partial charge in [-0.25, -0.2) is 4.79 Å². The first kappa shape index (κ1) is 22.2. The Balaban J connectivity index is 1.95. The highest BCUT2D eigenvalue weighted by Crippen LogP contribution is 2.29. The van der Waals surface area contributed by atoms with Crippen LogP contribution in [0.2, 0.25) is 0 Å². The highest BCUT2D eigenvalue weighted by Gasteiger charge is 2.30. The molecule has 1 aromatic rings. The number of carbonyl (C=O) groups is 2. The Morgan fingerprint density at radius 2 is 2.00 bits per heavy atom. The zero-order valence-corrected chi connectivity index (χ0v) is 17.2. The molecule has 5 nitrogen and oxygen atoms in total. The van der Waals surface area contributed by atoms with E-state index < -0.39 is 12.1 Å². The van der Waals surface area contributed by atoms with Crippen molar-refractivity contribution in [3.63, 3.8) is 0 Å². The summed E-state index contributed by atoms with van der Waals surface area (Å²) < 4.78 is 0. The fourth-order valence-corrected chi connectivity index (χ4v) is 3.58. The smallest absolute Gasteiger partial charge is 0.335 e. The summed E-state index contributed by atoms with van der Waals surface area (Å²) >= 11 is 0. The van der Waals surface area contributed by atoms with E-state index in [4.69, 9.17) is 5.11 Å². The maximum Gasteiger partial charge on any atom is 0.335 e. The quantitative estimate of drug-likeness (QED) is 0.594. The molecule has 1 saturated heterocycles. The number of carboxylic acids is 1. The summed E-state index contributed by atoms with van der Waals surface area (Å²) in [6.45, 7) is 6.90. The molecule has 0 spiro atoms. The summed E-state index contributed by atoms with van der Waals surface area (Å²) in [4.78, 5) is 25.1. The van der Waals surface area contributed by atoms with E-state index in [9.17, 15) is 14.7 Å². The molecule has 28 heavy (non-hydrogen) atoms. The molecule has 5 heteroatoms. The van der Waals surface area contributed by atoms with Crippen LogP contribution in [0.3, 0.4) is 0 Å². The fourth-order valence-electron chi connectivity index (χ4n) is 3.58. The highest BCUT2D eigenvalue weighted by atomic mass is 16.4. The molecule has 0 bridgehead atoms. The van der Waals surface area contributed by atoms with Crippen LogP contribution >= 0.6 is 0 Å². The largest absolute Gasteiger partial charge is 0.478 e. The number of amides is 1. The number of hydrogen-bond donors (Lipinski definition) is 2. The minimum absolute atomic E-state index is 0.0161. The van der Waals surface area contributed by atoms with E-state index in [2.05, 4.69) is 20.8 Å². The van der Waals surface area contributed by atoms with E-state index in [1.165, 1.54) is 0 Å². The second-order valence-electron chi connectivity index (χ2n) is 8.37. The number of carbonyl (C=O) groups excluding carboxylic acids is 1. The Kier molecular flexibility index (Phi) is 7.81. The number of likely N-dealkylation sites (tertiary alicyclic amines) is 1. The minimum Gasteiger partial charge on any atom is -0.478 e. The summed E-state index contributed by atoms with van der Waals surface area (Å²) in [6, 6.07) is 6.80. The van der Waals surface area contributed by atoms with E-state index in [0.717, 1.165) is 31.2 Å². The number of carboxylic acid groups (broad SMARTS) is 1. The van der Waals surface area contributed by atoms with E-state index in [-0.39, 0.29) is 22.9 Å². The molecular weight excluding hydrogens is 354 g/mol. The molecular formula is C23H33NO4. The lowest BCUT2D eigenvalue weighted by Gasteiger charge is -2.29. The van der Waals surface area contributed by atoms with Crippen molar-refractivity contribution < 1.29 is 19.8 Å². The van der Waals surface area contributed by atoms with Crippen molar-refractivity contribution in [3.05, 3.63) is 47.5 Å². The van der Waals surface area contributed by atoms with Gasteiger partial charge in [0.1, 0.15) is 0 Å². The van der Waals surface area contributed by atoms with Gasteiger partial charge >= 0.3 is 5.97 Å². The first-order chi connectivity index (χ1) is 13.2. The van der Waals surface area contributed by atoms with Crippen LogP contribution in [0, 0.1) is 5.41 Å². The maximum atomic E-state index is 12.3. The molecule has 1 aliphatic rings. The third-order valence-electron chi connectivity index (χ3n) is 5.71. The summed E-state index contributed by atoms with van der Waals surface area (Å²) in [7, 11) is 0. The third kappa shape index (κ3) is 5.93. The molecule has 2 N–H and O–H groups in total. The molecule has 0 radical (unpaired) electrons. The van der Waals surface area contributed by atoms with Crippen molar-refractivity contribution >= 4 is 11.9 Å². The lowest BCUT2D eigenvalue weighted by atomic mass is 9.81. The molecule has 1 amide bonds. The first-order valence-corrected chi connectivity index (χ1v) is 10.2. The molecule has 1 aromatic carbocycles. The number of aliphatic hydroxyl groups excluding tert-OH is 1. The van der Waals surface area contributed by atoms with Crippen LogP contribution in [0.4, 0.5) is 0 Å².